The lowest BCUT2D eigenvalue weighted by Gasteiger charge is -2.28. The number of rotatable bonds is 4. The Bertz CT molecular complexity index is 755. The van der Waals surface area contributed by atoms with Crippen LogP contribution in [0.4, 0.5) is 17.6 Å². The number of pyridine rings is 1. The second-order valence-corrected chi connectivity index (χ2v) is 6.28. The molecule has 1 N–H and O–H groups in total. The number of benzene rings is 1. The van der Waals surface area contributed by atoms with E-state index in [0.717, 1.165) is 12.1 Å². The average molecular weight is 473 g/mol. The maximum atomic E-state index is 13.4. The molecule has 0 radical (unpaired) electrons. The number of hydrogen-bond donors (Lipinski definition) is 1. The monoisotopic (exact) mass is 471 g/mol. The molecule has 9 heteroatoms. The van der Waals surface area contributed by atoms with Crippen molar-refractivity contribution in [2.75, 3.05) is 12.4 Å². The van der Waals surface area contributed by atoms with E-state index in [1.54, 1.807) is 0 Å². The number of ether oxygens (including phenoxy) is 1. The van der Waals surface area contributed by atoms with Crippen LogP contribution in [0.15, 0.2) is 34.8 Å². The van der Waals surface area contributed by atoms with Gasteiger partial charge in [0.2, 0.25) is 5.60 Å². The molecule has 1 unspecified atom stereocenters. The van der Waals surface area contributed by atoms with Gasteiger partial charge in [0.25, 0.3) is 0 Å². The summed E-state index contributed by atoms with van der Waals surface area (Å²) in [6.07, 6.45) is -4.93. The van der Waals surface area contributed by atoms with Gasteiger partial charge in [0.15, 0.2) is 0 Å². The second kappa shape index (κ2) is 6.97. The van der Waals surface area contributed by atoms with Gasteiger partial charge in [-0.1, -0.05) is 15.9 Å². The molecule has 1 atom stereocenters. The Hall–Kier alpha value is -1.19. The summed E-state index contributed by atoms with van der Waals surface area (Å²) in [5.74, 6) is -0.336. The van der Waals surface area contributed by atoms with Gasteiger partial charge in [-0.25, -0.2) is 9.37 Å². The molecule has 2 aromatic rings. The summed E-state index contributed by atoms with van der Waals surface area (Å²) in [4.78, 5) is 3.93. The van der Waals surface area contributed by atoms with Gasteiger partial charge in [-0.3, -0.25) is 0 Å². The van der Waals surface area contributed by atoms with Crippen molar-refractivity contribution in [3.63, 3.8) is 0 Å². The van der Waals surface area contributed by atoms with Gasteiger partial charge in [0, 0.05) is 10.9 Å². The van der Waals surface area contributed by atoms with Crippen molar-refractivity contribution in [2.45, 2.75) is 11.8 Å². The second-order valence-electron chi connectivity index (χ2n) is 4.87. The highest BCUT2D eigenvalue weighted by Crippen LogP contribution is 2.41. The standard InChI is InChI=1S/C15H11Br2F4NO2/c1-24-11-4-5-12(14(23,7-16)15(19,20)21)22-13(11)8-2-3-10(18)9(17)6-8/h2-6,23H,7H2,1H3. The third-order valence-corrected chi connectivity index (χ3v) is 4.78. The lowest BCUT2D eigenvalue weighted by molar-refractivity contribution is -0.257. The minimum absolute atomic E-state index is 0.0549. The van der Waals surface area contributed by atoms with Gasteiger partial charge in [-0.15, -0.1) is 0 Å². The zero-order chi connectivity index (χ0) is 18.1. The number of hydrogen-bond acceptors (Lipinski definition) is 3. The fraction of sp³-hybridized carbons (Fsp3) is 0.267. The first-order valence-electron chi connectivity index (χ1n) is 6.50. The summed E-state index contributed by atoms with van der Waals surface area (Å²) in [5, 5.41) is 9.23. The van der Waals surface area contributed by atoms with Crippen LogP contribution in [-0.4, -0.2) is 28.7 Å². The van der Waals surface area contributed by atoms with Crippen LogP contribution in [0.5, 0.6) is 5.75 Å². The Morgan fingerprint density at radius 1 is 1.21 bits per heavy atom. The molecule has 0 saturated carbocycles. The predicted octanol–water partition coefficient (Wildman–Crippen LogP) is 4.80. The largest absolute Gasteiger partial charge is 0.494 e. The number of alkyl halides is 4. The summed E-state index contributed by atoms with van der Waals surface area (Å²) in [6.45, 7) is 0. The van der Waals surface area contributed by atoms with E-state index in [9.17, 15) is 22.7 Å². The van der Waals surface area contributed by atoms with Crippen molar-refractivity contribution < 1.29 is 27.4 Å². The normalized spacial score (nSPS) is 14.3. The zero-order valence-corrected chi connectivity index (χ0v) is 15.3. The first-order valence-corrected chi connectivity index (χ1v) is 8.41. The highest BCUT2D eigenvalue weighted by atomic mass is 79.9. The summed E-state index contributed by atoms with van der Waals surface area (Å²) < 4.78 is 58.3. The van der Waals surface area contributed by atoms with Gasteiger partial charge >= 0.3 is 6.18 Å². The number of aliphatic hydroxyl groups is 1. The molecule has 0 aliphatic rings. The topological polar surface area (TPSA) is 42.4 Å². The average Bonchev–Trinajstić information content (AvgIpc) is 2.55. The molecule has 0 amide bonds. The maximum Gasteiger partial charge on any atom is 0.423 e. The molecule has 0 spiro atoms. The van der Waals surface area contributed by atoms with Crippen LogP contribution in [-0.2, 0) is 5.60 Å². The summed E-state index contributed by atoms with van der Waals surface area (Å²) in [6, 6.07) is 6.18. The van der Waals surface area contributed by atoms with E-state index in [1.807, 2.05) is 0 Å². The molecule has 3 nitrogen and oxygen atoms in total. The van der Waals surface area contributed by atoms with E-state index >= 15 is 0 Å². The fourth-order valence-electron chi connectivity index (χ4n) is 1.98. The molecule has 1 aromatic heterocycles. The van der Waals surface area contributed by atoms with Crippen molar-refractivity contribution in [1.82, 2.24) is 4.98 Å². The first kappa shape index (κ1) is 19.1. The molecular formula is C15H11Br2F4NO2. The Balaban J connectivity index is 2.66. The predicted molar refractivity (Wildman–Crippen MR) is 87.6 cm³/mol. The van der Waals surface area contributed by atoms with E-state index in [1.165, 1.54) is 25.3 Å². The minimum atomic E-state index is -4.93. The third-order valence-electron chi connectivity index (χ3n) is 3.36. The van der Waals surface area contributed by atoms with Gasteiger partial charge in [-0.2, -0.15) is 13.2 Å². The number of nitrogens with zero attached hydrogens (tertiary/aromatic N) is 1. The molecule has 24 heavy (non-hydrogen) atoms. The molecule has 2 rings (SSSR count). The Kier molecular flexibility index (Phi) is 5.56. The lowest BCUT2D eigenvalue weighted by atomic mass is 9.99. The molecule has 1 heterocycles. The van der Waals surface area contributed by atoms with Crippen molar-refractivity contribution in [1.29, 1.82) is 0 Å². The lowest BCUT2D eigenvalue weighted by Crippen LogP contribution is -2.44. The van der Waals surface area contributed by atoms with Crippen molar-refractivity contribution >= 4 is 31.9 Å². The van der Waals surface area contributed by atoms with E-state index < -0.39 is 28.6 Å². The first-order chi connectivity index (χ1) is 11.1. The smallest absolute Gasteiger partial charge is 0.423 e. The van der Waals surface area contributed by atoms with Gasteiger partial charge in [-0.05, 0) is 46.3 Å². The van der Waals surface area contributed by atoms with Crippen LogP contribution in [0.2, 0.25) is 0 Å². The third kappa shape index (κ3) is 3.43. The maximum absolute atomic E-state index is 13.4. The summed E-state index contributed by atoms with van der Waals surface area (Å²) in [5.41, 5.74) is -3.37. The van der Waals surface area contributed by atoms with Crippen LogP contribution in [0, 0.1) is 5.82 Å². The highest BCUT2D eigenvalue weighted by molar-refractivity contribution is 9.10. The number of aromatic nitrogens is 1. The van der Waals surface area contributed by atoms with Crippen LogP contribution >= 0.6 is 31.9 Å². The summed E-state index contributed by atoms with van der Waals surface area (Å²) >= 11 is 5.70. The van der Waals surface area contributed by atoms with Gasteiger partial charge in [0.1, 0.15) is 17.3 Å². The van der Waals surface area contributed by atoms with Crippen LogP contribution < -0.4 is 4.74 Å². The zero-order valence-electron chi connectivity index (χ0n) is 12.2. The Morgan fingerprint density at radius 2 is 1.88 bits per heavy atom. The van der Waals surface area contributed by atoms with Gasteiger partial charge in [0.05, 0.1) is 17.3 Å². The van der Waals surface area contributed by atoms with Gasteiger partial charge < -0.3 is 9.84 Å². The molecule has 0 fully saturated rings. The van der Waals surface area contributed by atoms with E-state index in [2.05, 4.69) is 36.8 Å². The number of methoxy groups -OCH3 is 1. The number of halogens is 6. The molecular weight excluding hydrogens is 462 g/mol. The molecule has 1 aromatic carbocycles. The van der Waals surface area contributed by atoms with E-state index in [0.29, 0.717) is 5.56 Å². The Labute approximate surface area is 151 Å². The molecule has 0 aliphatic heterocycles. The molecule has 0 aliphatic carbocycles. The fourth-order valence-corrected chi connectivity index (χ4v) is 2.97. The molecule has 0 saturated heterocycles. The molecule has 130 valence electrons. The quantitative estimate of drug-likeness (QED) is 0.513. The Morgan fingerprint density at radius 3 is 2.38 bits per heavy atom. The summed E-state index contributed by atoms with van der Waals surface area (Å²) in [7, 11) is 1.33. The van der Waals surface area contributed by atoms with Crippen LogP contribution in [0.1, 0.15) is 5.69 Å². The van der Waals surface area contributed by atoms with Crippen molar-refractivity contribution in [2.24, 2.45) is 0 Å². The van der Waals surface area contributed by atoms with Crippen molar-refractivity contribution in [3.05, 3.63) is 46.3 Å². The van der Waals surface area contributed by atoms with Crippen molar-refractivity contribution in [3.8, 4) is 17.0 Å². The van der Waals surface area contributed by atoms with Crippen LogP contribution in [0.3, 0.4) is 0 Å². The SMILES string of the molecule is COc1ccc(C(O)(CBr)C(F)(F)F)nc1-c1ccc(F)c(Br)c1. The van der Waals surface area contributed by atoms with E-state index in [4.69, 9.17) is 4.74 Å². The van der Waals surface area contributed by atoms with E-state index in [-0.39, 0.29) is 15.9 Å². The highest BCUT2D eigenvalue weighted by Gasteiger charge is 2.55. The van der Waals surface area contributed by atoms with Crippen LogP contribution in [0.25, 0.3) is 11.3 Å². The minimum Gasteiger partial charge on any atom is -0.494 e. The molecule has 0 bridgehead atoms.